The molecule has 2 rings (SSSR count). The van der Waals surface area contributed by atoms with E-state index in [1.54, 1.807) is 11.8 Å². The molecule has 21 heavy (non-hydrogen) atoms. The Kier molecular flexibility index (Phi) is 6.74. The van der Waals surface area contributed by atoms with Gasteiger partial charge in [0.05, 0.1) is 5.69 Å². The van der Waals surface area contributed by atoms with Crippen molar-refractivity contribution >= 4 is 27.7 Å². The van der Waals surface area contributed by atoms with E-state index in [1.807, 2.05) is 12.3 Å². The number of nitrogens with one attached hydrogen (secondary N) is 1. The molecule has 1 aromatic carbocycles. The first-order valence-corrected chi connectivity index (χ1v) is 8.96. The summed E-state index contributed by atoms with van der Waals surface area (Å²) in [6.07, 6.45) is 4.18. The van der Waals surface area contributed by atoms with Crippen molar-refractivity contribution < 1.29 is 0 Å². The first-order chi connectivity index (χ1) is 10.2. The summed E-state index contributed by atoms with van der Waals surface area (Å²) in [5.41, 5.74) is 1.13. The van der Waals surface area contributed by atoms with Crippen LogP contribution in [0.1, 0.15) is 38.4 Å². The zero-order valence-corrected chi connectivity index (χ0v) is 14.9. The number of aromatic nitrogens is 1. The second-order valence-electron chi connectivity index (χ2n) is 4.89. The topological polar surface area (TPSA) is 24.9 Å². The summed E-state index contributed by atoms with van der Waals surface area (Å²) >= 11 is 5.24. The van der Waals surface area contributed by atoms with Gasteiger partial charge in [0.1, 0.15) is 0 Å². The summed E-state index contributed by atoms with van der Waals surface area (Å²) in [7, 11) is 0. The molecular weight excluding hydrogens is 344 g/mol. The van der Waals surface area contributed by atoms with Gasteiger partial charge in [-0.15, -0.1) is 0 Å². The van der Waals surface area contributed by atoms with E-state index in [9.17, 15) is 0 Å². The molecule has 0 amide bonds. The first-order valence-electron chi connectivity index (χ1n) is 7.35. The number of halogens is 1. The minimum atomic E-state index is 0.356. The highest BCUT2D eigenvalue weighted by Crippen LogP contribution is 2.29. The van der Waals surface area contributed by atoms with Crippen LogP contribution in [0.25, 0.3) is 0 Å². The summed E-state index contributed by atoms with van der Waals surface area (Å²) in [6, 6.07) is 13.0. The standard InChI is InChI=1S/C17H21BrN2S/c1-3-10-19-16(4-2)17-9-8-15(12-20-17)21-14-7-5-6-13(18)11-14/h5-9,11-12,16,19H,3-4,10H2,1-2H3. The van der Waals surface area contributed by atoms with Crippen molar-refractivity contribution in [3.05, 3.63) is 52.8 Å². The monoisotopic (exact) mass is 364 g/mol. The largest absolute Gasteiger partial charge is 0.309 e. The number of nitrogens with zero attached hydrogens (tertiary/aromatic N) is 1. The van der Waals surface area contributed by atoms with Crippen LogP contribution in [-0.2, 0) is 0 Å². The van der Waals surface area contributed by atoms with Crippen LogP contribution in [0, 0.1) is 0 Å². The van der Waals surface area contributed by atoms with Crippen LogP contribution in [0.5, 0.6) is 0 Å². The smallest absolute Gasteiger partial charge is 0.0573 e. The molecule has 0 bridgehead atoms. The lowest BCUT2D eigenvalue weighted by Crippen LogP contribution is -2.22. The summed E-state index contributed by atoms with van der Waals surface area (Å²) in [5, 5.41) is 3.54. The molecular formula is C17H21BrN2S. The van der Waals surface area contributed by atoms with E-state index in [-0.39, 0.29) is 0 Å². The van der Waals surface area contributed by atoms with Crippen LogP contribution < -0.4 is 5.32 Å². The first kappa shape index (κ1) is 16.5. The van der Waals surface area contributed by atoms with Crippen molar-refractivity contribution in [3.8, 4) is 0 Å². The van der Waals surface area contributed by atoms with Gasteiger partial charge in [-0.25, -0.2) is 0 Å². The molecule has 0 spiro atoms. The zero-order valence-electron chi connectivity index (χ0n) is 12.5. The average molecular weight is 365 g/mol. The van der Waals surface area contributed by atoms with E-state index in [1.165, 1.54) is 9.79 Å². The normalized spacial score (nSPS) is 12.3. The molecule has 2 nitrogen and oxygen atoms in total. The third-order valence-electron chi connectivity index (χ3n) is 3.20. The zero-order chi connectivity index (χ0) is 15.1. The Morgan fingerprint density at radius 3 is 2.67 bits per heavy atom. The second kappa shape index (κ2) is 8.57. The van der Waals surface area contributed by atoms with Gasteiger partial charge >= 0.3 is 0 Å². The lowest BCUT2D eigenvalue weighted by molar-refractivity contribution is 0.507. The van der Waals surface area contributed by atoms with Gasteiger partial charge in [-0.3, -0.25) is 4.98 Å². The Morgan fingerprint density at radius 1 is 1.19 bits per heavy atom. The van der Waals surface area contributed by atoms with E-state index >= 15 is 0 Å². The fraction of sp³-hybridized carbons (Fsp3) is 0.353. The molecule has 2 aromatic rings. The highest BCUT2D eigenvalue weighted by atomic mass is 79.9. The highest BCUT2D eigenvalue weighted by molar-refractivity contribution is 9.10. The highest BCUT2D eigenvalue weighted by Gasteiger charge is 2.09. The van der Waals surface area contributed by atoms with E-state index in [4.69, 9.17) is 0 Å². The maximum atomic E-state index is 4.63. The van der Waals surface area contributed by atoms with Crippen LogP contribution in [0.3, 0.4) is 0 Å². The molecule has 0 saturated heterocycles. The maximum Gasteiger partial charge on any atom is 0.0573 e. The lowest BCUT2D eigenvalue weighted by atomic mass is 10.1. The number of benzene rings is 1. The minimum absolute atomic E-state index is 0.356. The van der Waals surface area contributed by atoms with Crippen molar-refractivity contribution in [1.29, 1.82) is 0 Å². The summed E-state index contributed by atoms with van der Waals surface area (Å²) in [6.45, 7) is 5.42. The summed E-state index contributed by atoms with van der Waals surface area (Å²) in [4.78, 5) is 7.01. The molecule has 1 atom stereocenters. The molecule has 0 aliphatic heterocycles. The third kappa shape index (κ3) is 5.13. The van der Waals surface area contributed by atoms with E-state index < -0.39 is 0 Å². The molecule has 0 fully saturated rings. The molecule has 4 heteroatoms. The van der Waals surface area contributed by atoms with E-state index in [2.05, 4.69) is 70.4 Å². The molecule has 0 aliphatic carbocycles. The van der Waals surface area contributed by atoms with E-state index in [0.29, 0.717) is 6.04 Å². The number of hydrogen-bond acceptors (Lipinski definition) is 3. The van der Waals surface area contributed by atoms with Gasteiger partial charge in [0.2, 0.25) is 0 Å². The van der Waals surface area contributed by atoms with Crippen molar-refractivity contribution in [1.82, 2.24) is 10.3 Å². The number of rotatable bonds is 7. The Balaban J connectivity index is 2.04. The second-order valence-corrected chi connectivity index (χ2v) is 6.96. The van der Waals surface area contributed by atoms with Gasteiger partial charge < -0.3 is 5.32 Å². The van der Waals surface area contributed by atoms with Crippen molar-refractivity contribution in [2.24, 2.45) is 0 Å². The predicted octanol–water partition coefficient (Wildman–Crippen LogP) is 5.45. The molecule has 112 valence electrons. The Hall–Kier alpha value is -0.840. The van der Waals surface area contributed by atoms with Crippen LogP contribution in [0.2, 0.25) is 0 Å². The molecule has 0 radical (unpaired) electrons. The van der Waals surface area contributed by atoms with Crippen molar-refractivity contribution in [3.63, 3.8) is 0 Å². The van der Waals surface area contributed by atoms with E-state index in [0.717, 1.165) is 29.6 Å². The van der Waals surface area contributed by atoms with Gasteiger partial charge in [-0.2, -0.15) is 0 Å². The van der Waals surface area contributed by atoms with Gasteiger partial charge in [0, 0.05) is 26.5 Å². The summed E-state index contributed by atoms with van der Waals surface area (Å²) < 4.78 is 1.10. The van der Waals surface area contributed by atoms with Crippen LogP contribution in [-0.4, -0.2) is 11.5 Å². The van der Waals surface area contributed by atoms with Gasteiger partial charge in [0.25, 0.3) is 0 Å². The van der Waals surface area contributed by atoms with Crippen molar-refractivity contribution in [2.75, 3.05) is 6.54 Å². The van der Waals surface area contributed by atoms with Crippen molar-refractivity contribution in [2.45, 2.75) is 42.5 Å². The Morgan fingerprint density at radius 2 is 2.05 bits per heavy atom. The minimum Gasteiger partial charge on any atom is -0.309 e. The third-order valence-corrected chi connectivity index (χ3v) is 4.66. The molecule has 1 N–H and O–H groups in total. The van der Waals surface area contributed by atoms with Crippen LogP contribution in [0.15, 0.2) is 56.9 Å². The van der Waals surface area contributed by atoms with Gasteiger partial charge in [-0.1, -0.05) is 47.6 Å². The quantitative estimate of drug-likeness (QED) is 0.707. The van der Waals surface area contributed by atoms with Crippen LogP contribution in [0.4, 0.5) is 0 Å². The average Bonchev–Trinajstić information content (AvgIpc) is 2.49. The molecule has 0 aliphatic rings. The maximum absolute atomic E-state index is 4.63. The Bertz CT molecular complexity index is 557. The number of hydrogen-bond donors (Lipinski definition) is 1. The van der Waals surface area contributed by atoms with Crippen LogP contribution >= 0.6 is 27.7 Å². The molecule has 1 unspecified atom stereocenters. The fourth-order valence-electron chi connectivity index (χ4n) is 2.10. The lowest BCUT2D eigenvalue weighted by Gasteiger charge is -2.16. The fourth-order valence-corrected chi connectivity index (χ4v) is 3.50. The SMILES string of the molecule is CCCNC(CC)c1ccc(Sc2cccc(Br)c2)cn1. The van der Waals surface area contributed by atoms with Gasteiger partial charge in [-0.05, 0) is 49.7 Å². The van der Waals surface area contributed by atoms with Gasteiger partial charge in [0.15, 0.2) is 0 Å². The molecule has 1 heterocycles. The Labute approximate surface area is 139 Å². The molecule has 1 aromatic heterocycles. The molecule has 0 saturated carbocycles. The number of pyridine rings is 1. The summed E-state index contributed by atoms with van der Waals surface area (Å²) in [5.74, 6) is 0. The predicted molar refractivity (Wildman–Crippen MR) is 93.8 cm³/mol.